The minimum Gasteiger partial charge on any atom is -0.355 e. The Labute approximate surface area is 196 Å². The molecule has 2 aliphatic heterocycles. The number of carbonyl (C=O) groups excluding carboxylic acids is 3. The highest BCUT2D eigenvalue weighted by Crippen LogP contribution is 2.25. The summed E-state index contributed by atoms with van der Waals surface area (Å²) in [5.41, 5.74) is 1.52. The molecule has 0 spiro atoms. The number of nitrogens with zero attached hydrogens (tertiary/aromatic N) is 3. The van der Waals surface area contributed by atoms with Gasteiger partial charge in [-0.25, -0.2) is 0 Å². The van der Waals surface area contributed by atoms with Gasteiger partial charge in [-0.2, -0.15) is 0 Å². The van der Waals surface area contributed by atoms with Gasteiger partial charge in [0.15, 0.2) is 0 Å². The van der Waals surface area contributed by atoms with Crippen molar-refractivity contribution in [2.24, 2.45) is 5.92 Å². The fraction of sp³-hybridized carbons (Fsp3) is 0.375. The van der Waals surface area contributed by atoms with Gasteiger partial charge in [0.05, 0.1) is 11.5 Å². The molecule has 2 heterocycles. The molecule has 0 aromatic heterocycles. The number of hydrogen-bond donors (Lipinski definition) is 1. The topological polar surface area (TPSA) is 73.0 Å². The van der Waals surface area contributed by atoms with Crippen molar-refractivity contribution >= 4 is 39.3 Å². The van der Waals surface area contributed by atoms with Crippen LogP contribution in [0.4, 0.5) is 5.69 Å². The summed E-state index contributed by atoms with van der Waals surface area (Å²) in [7, 11) is 0. The average molecular weight is 499 g/mol. The maximum Gasteiger partial charge on any atom is 0.255 e. The Morgan fingerprint density at radius 1 is 0.969 bits per heavy atom. The van der Waals surface area contributed by atoms with Crippen LogP contribution in [0.2, 0.25) is 0 Å². The van der Waals surface area contributed by atoms with Crippen LogP contribution in [-0.2, 0) is 9.59 Å². The summed E-state index contributed by atoms with van der Waals surface area (Å²) in [5.74, 6) is -0.359. The number of nitrogens with one attached hydrogen (secondary N) is 1. The minimum absolute atomic E-state index is 0.0119. The summed E-state index contributed by atoms with van der Waals surface area (Å²) in [5, 5.41) is 2.99. The second-order valence-corrected chi connectivity index (χ2v) is 9.00. The Bertz CT molecular complexity index is 976. The smallest absolute Gasteiger partial charge is 0.255 e. The molecule has 2 aliphatic rings. The van der Waals surface area contributed by atoms with Crippen LogP contribution in [0.5, 0.6) is 0 Å². The SMILES string of the molecule is O=C(NCCN1CCN(C(=O)c2ccccc2Br)CC1)C1CC(=O)N(c2ccccc2)C1. The van der Waals surface area contributed by atoms with E-state index in [2.05, 4.69) is 26.1 Å². The van der Waals surface area contributed by atoms with Crippen LogP contribution in [0.3, 0.4) is 0 Å². The lowest BCUT2D eigenvalue weighted by Gasteiger charge is -2.35. The van der Waals surface area contributed by atoms with Gasteiger partial charge in [0, 0.05) is 62.4 Å². The van der Waals surface area contributed by atoms with Crippen molar-refractivity contribution in [3.63, 3.8) is 0 Å². The molecule has 1 N–H and O–H groups in total. The Hall–Kier alpha value is -2.71. The first-order valence-corrected chi connectivity index (χ1v) is 11.7. The first kappa shape index (κ1) is 22.5. The Kier molecular flexibility index (Phi) is 7.22. The number of para-hydroxylation sites is 1. The first-order chi connectivity index (χ1) is 15.5. The number of amides is 3. The zero-order valence-corrected chi connectivity index (χ0v) is 19.5. The van der Waals surface area contributed by atoms with Crippen molar-refractivity contribution in [1.29, 1.82) is 0 Å². The largest absolute Gasteiger partial charge is 0.355 e. The predicted octanol–water partition coefficient (Wildman–Crippen LogP) is 2.38. The molecule has 0 saturated carbocycles. The summed E-state index contributed by atoms with van der Waals surface area (Å²) < 4.78 is 0.811. The Morgan fingerprint density at radius 2 is 1.66 bits per heavy atom. The monoisotopic (exact) mass is 498 g/mol. The number of halogens is 1. The molecular formula is C24H27BrN4O3. The van der Waals surface area contributed by atoms with E-state index in [4.69, 9.17) is 0 Å². The summed E-state index contributed by atoms with van der Waals surface area (Å²) in [4.78, 5) is 43.4. The van der Waals surface area contributed by atoms with E-state index in [0.717, 1.165) is 29.8 Å². The zero-order valence-electron chi connectivity index (χ0n) is 17.9. The van der Waals surface area contributed by atoms with Crippen LogP contribution in [-0.4, -0.2) is 73.3 Å². The van der Waals surface area contributed by atoms with E-state index >= 15 is 0 Å². The highest BCUT2D eigenvalue weighted by molar-refractivity contribution is 9.10. The molecular weight excluding hydrogens is 472 g/mol. The lowest BCUT2D eigenvalue weighted by molar-refractivity contribution is -0.126. The number of piperazine rings is 1. The van der Waals surface area contributed by atoms with Crippen LogP contribution >= 0.6 is 15.9 Å². The number of benzene rings is 2. The highest BCUT2D eigenvalue weighted by Gasteiger charge is 2.35. The zero-order chi connectivity index (χ0) is 22.5. The second-order valence-electron chi connectivity index (χ2n) is 8.15. The molecule has 1 atom stereocenters. The van der Waals surface area contributed by atoms with E-state index in [9.17, 15) is 14.4 Å². The van der Waals surface area contributed by atoms with E-state index in [1.165, 1.54) is 0 Å². The van der Waals surface area contributed by atoms with Crippen LogP contribution < -0.4 is 10.2 Å². The molecule has 0 radical (unpaired) electrons. The molecule has 0 aliphatic carbocycles. The summed E-state index contributed by atoms with van der Waals surface area (Å²) >= 11 is 3.45. The number of carbonyl (C=O) groups is 3. The van der Waals surface area contributed by atoms with Gasteiger partial charge < -0.3 is 15.1 Å². The van der Waals surface area contributed by atoms with E-state index < -0.39 is 0 Å². The van der Waals surface area contributed by atoms with Crippen molar-refractivity contribution in [2.45, 2.75) is 6.42 Å². The van der Waals surface area contributed by atoms with Crippen LogP contribution in [0.1, 0.15) is 16.8 Å². The van der Waals surface area contributed by atoms with Gasteiger partial charge in [-0.1, -0.05) is 30.3 Å². The van der Waals surface area contributed by atoms with Gasteiger partial charge in [-0.05, 0) is 40.2 Å². The average Bonchev–Trinajstić information content (AvgIpc) is 3.22. The van der Waals surface area contributed by atoms with Crippen molar-refractivity contribution in [2.75, 3.05) is 50.7 Å². The van der Waals surface area contributed by atoms with Crippen molar-refractivity contribution in [3.8, 4) is 0 Å². The van der Waals surface area contributed by atoms with E-state index in [1.807, 2.05) is 59.5 Å². The normalized spacial score (nSPS) is 19.3. The molecule has 32 heavy (non-hydrogen) atoms. The lowest BCUT2D eigenvalue weighted by atomic mass is 10.1. The third kappa shape index (κ3) is 5.19. The van der Waals surface area contributed by atoms with Crippen LogP contribution in [0.25, 0.3) is 0 Å². The maximum atomic E-state index is 12.7. The van der Waals surface area contributed by atoms with E-state index in [1.54, 1.807) is 4.90 Å². The molecule has 4 rings (SSSR count). The molecule has 3 amide bonds. The molecule has 8 heteroatoms. The van der Waals surface area contributed by atoms with Crippen LogP contribution in [0.15, 0.2) is 59.1 Å². The quantitative estimate of drug-likeness (QED) is 0.663. The third-order valence-corrected chi connectivity index (χ3v) is 6.75. The number of rotatable bonds is 6. The van der Waals surface area contributed by atoms with Crippen molar-refractivity contribution in [3.05, 3.63) is 64.6 Å². The fourth-order valence-corrected chi connectivity index (χ4v) is 4.66. The maximum absolute atomic E-state index is 12.7. The molecule has 2 aromatic carbocycles. The van der Waals surface area contributed by atoms with Gasteiger partial charge in [-0.3, -0.25) is 19.3 Å². The standard InChI is InChI=1S/C24H27BrN4O3/c25-21-9-5-4-8-20(21)24(32)28-14-12-27(13-15-28)11-10-26-23(31)18-16-22(30)29(17-18)19-6-2-1-3-7-19/h1-9,18H,10-17H2,(H,26,31). The molecule has 2 fully saturated rings. The summed E-state index contributed by atoms with van der Waals surface area (Å²) in [6.45, 7) is 4.56. The molecule has 1 unspecified atom stereocenters. The number of anilines is 1. The Morgan fingerprint density at radius 3 is 2.38 bits per heavy atom. The van der Waals surface area contributed by atoms with Gasteiger partial charge in [0.25, 0.3) is 5.91 Å². The Balaban J connectivity index is 1.19. The van der Waals surface area contributed by atoms with E-state index in [-0.39, 0.29) is 30.1 Å². The van der Waals surface area contributed by atoms with E-state index in [0.29, 0.717) is 31.7 Å². The van der Waals surface area contributed by atoms with Gasteiger partial charge in [0.2, 0.25) is 11.8 Å². The third-order valence-electron chi connectivity index (χ3n) is 6.05. The predicted molar refractivity (Wildman–Crippen MR) is 126 cm³/mol. The summed E-state index contributed by atoms with van der Waals surface area (Å²) in [6.07, 6.45) is 0.247. The number of hydrogen-bond acceptors (Lipinski definition) is 4. The lowest BCUT2D eigenvalue weighted by Crippen LogP contribution is -2.50. The molecule has 168 valence electrons. The van der Waals surface area contributed by atoms with Crippen LogP contribution in [0, 0.1) is 5.92 Å². The summed E-state index contributed by atoms with van der Waals surface area (Å²) in [6, 6.07) is 16.9. The molecule has 7 nitrogen and oxygen atoms in total. The van der Waals surface area contributed by atoms with Crippen molar-refractivity contribution < 1.29 is 14.4 Å². The van der Waals surface area contributed by atoms with Crippen molar-refractivity contribution in [1.82, 2.24) is 15.1 Å². The van der Waals surface area contributed by atoms with Gasteiger partial charge in [0.1, 0.15) is 0 Å². The first-order valence-electron chi connectivity index (χ1n) is 10.9. The molecule has 2 aromatic rings. The van der Waals surface area contributed by atoms with Gasteiger partial charge in [-0.15, -0.1) is 0 Å². The highest BCUT2D eigenvalue weighted by atomic mass is 79.9. The second kappa shape index (κ2) is 10.3. The minimum atomic E-state index is -0.318. The fourth-order valence-electron chi connectivity index (χ4n) is 4.20. The molecule has 0 bridgehead atoms. The molecule has 2 saturated heterocycles. The van der Waals surface area contributed by atoms with Gasteiger partial charge >= 0.3 is 0 Å².